The van der Waals surface area contributed by atoms with Crippen LogP contribution >= 0.6 is 0 Å². The first-order valence-electron chi connectivity index (χ1n) is 15.5. The molecule has 1 unspecified atom stereocenters. The van der Waals surface area contributed by atoms with Gasteiger partial charge in [0, 0.05) is 16.3 Å². The van der Waals surface area contributed by atoms with Crippen LogP contribution < -0.4 is 0 Å². The molecule has 1 atom stereocenters. The molecule has 44 heavy (non-hydrogen) atoms. The normalized spacial score (nSPS) is 14.5. The Morgan fingerprint density at radius 3 is 1.77 bits per heavy atom. The summed E-state index contributed by atoms with van der Waals surface area (Å²) in [6, 6.07) is 48.5. The molecule has 1 aliphatic rings. The zero-order valence-corrected chi connectivity index (χ0v) is 24.5. The maximum absolute atomic E-state index is 6.88. The lowest BCUT2D eigenvalue weighted by Crippen LogP contribution is -2.02. The van der Waals surface area contributed by atoms with Gasteiger partial charge in [-0.2, -0.15) is 0 Å². The molecule has 1 aromatic heterocycles. The van der Waals surface area contributed by atoms with Gasteiger partial charge in [-0.15, -0.1) is 0 Å². The third-order valence-electron chi connectivity index (χ3n) is 9.37. The first-order valence-corrected chi connectivity index (χ1v) is 15.5. The first-order chi connectivity index (χ1) is 21.7. The maximum Gasteiger partial charge on any atom is 0.143 e. The Balaban J connectivity index is 1.45. The average Bonchev–Trinajstić information content (AvgIpc) is 3.45. The van der Waals surface area contributed by atoms with E-state index in [1.165, 1.54) is 65.7 Å². The number of benzene rings is 7. The molecule has 0 bridgehead atoms. The van der Waals surface area contributed by atoms with E-state index in [0.717, 1.165) is 28.7 Å². The van der Waals surface area contributed by atoms with Crippen molar-refractivity contribution in [1.29, 1.82) is 0 Å². The number of rotatable bonds is 3. The molecule has 1 aliphatic carbocycles. The molecule has 0 saturated heterocycles. The van der Waals surface area contributed by atoms with Gasteiger partial charge in [-0.05, 0) is 91.0 Å². The molecule has 1 heterocycles. The van der Waals surface area contributed by atoms with Gasteiger partial charge >= 0.3 is 0 Å². The molecule has 1 nitrogen and oxygen atoms in total. The van der Waals surface area contributed by atoms with Crippen molar-refractivity contribution < 1.29 is 4.42 Å². The maximum atomic E-state index is 6.88. The molecule has 1 heteroatoms. The largest absolute Gasteiger partial charge is 0.455 e. The molecule has 8 aromatic rings. The van der Waals surface area contributed by atoms with E-state index < -0.39 is 0 Å². The summed E-state index contributed by atoms with van der Waals surface area (Å²) in [7, 11) is 0. The molecular weight excluding hydrogens is 532 g/mol. The van der Waals surface area contributed by atoms with Gasteiger partial charge in [-0.1, -0.05) is 134 Å². The third-order valence-corrected chi connectivity index (χ3v) is 9.37. The number of hydrogen-bond donors (Lipinski definition) is 0. The predicted molar refractivity (Wildman–Crippen MR) is 187 cm³/mol. The Kier molecular flexibility index (Phi) is 5.61. The van der Waals surface area contributed by atoms with Crippen molar-refractivity contribution in [2.45, 2.75) is 13.3 Å². The highest BCUT2D eigenvalue weighted by atomic mass is 16.3. The monoisotopic (exact) mass is 562 g/mol. The Morgan fingerprint density at radius 1 is 0.545 bits per heavy atom. The summed E-state index contributed by atoms with van der Waals surface area (Å²) in [4.78, 5) is 0. The molecule has 0 spiro atoms. The Labute approximate surface area is 256 Å². The van der Waals surface area contributed by atoms with Gasteiger partial charge in [0.05, 0.1) is 0 Å². The second kappa shape index (κ2) is 9.82. The van der Waals surface area contributed by atoms with Crippen LogP contribution in [0.1, 0.15) is 18.1 Å². The summed E-state index contributed by atoms with van der Waals surface area (Å²) >= 11 is 0. The van der Waals surface area contributed by atoms with Crippen LogP contribution in [0.5, 0.6) is 0 Å². The topological polar surface area (TPSA) is 13.1 Å². The minimum Gasteiger partial charge on any atom is -0.455 e. The van der Waals surface area contributed by atoms with Gasteiger partial charge < -0.3 is 4.42 Å². The van der Waals surface area contributed by atoms with Gasteiger partial charge in [0.2, 0.25) is 0 Å². The van der Waals surface area contributed by atoms with Crippen LogP contribution in [0.3, 0.4) is 0 Å². The second-order valence-electron chi connectivity index (χ2n) is 12.1. The highest BCUT2D eigenvalue weighted by Gasteiger charge is 2.23. The van der Waals surface area contributed by atoms with Crippen molar-refractivity contribution in [3.8, 4) is 33.4 Å². The van der Waals surface area contributed by atoms with Crippen LogP contribution in [0.15, 0.2) is 144 Å². The van der Waals surface area contributed by atoms with Gasteiger partial charge in [-0.3, -0.25) is 0 Å². The molecule has 208 valence electrons. The van der Waals surface area contributed by atoms with E-state index in [0.29, 0.717) is 5.92 Å². The summed E-state index contributed by atoms with van der Waals surface area (Å²) in [5.41, 5.74) is 11.8. The van der Waals surface area contributed by atoms with Crippen LogP contribution in [-0.4, -0.2) is 0 Å². The summed E-state index contributed by atoms with van der Waals surface area (Å²) in [5, 5.41) is 7.41. The number of allylic oxidation sites excluding steroid dienone is 1. The third kappa shape index (κ3) is 3.79. The number of furan rings is 1. The number of fused-ring (bicyclic) bond motifs is 6. The smallest absolute Gasteiger partial charge is 0.143 e. The lowest BCUT2D eigenvalue weighted by Gasteiger charge is -2.19. The van der Waals surface area contributed by atoms with Crippen LogP contribution in [-0.2, 0) is 6.42 Å². The van der Waals surface area contributed by atoms with E-state index in [4.69, 9.17) is 4.42 Å². The first kappa shape index (κ1) is 25.1. The van der Waals surface area contributed by atoms with Crippen molar-refractivity contribution in [3.63, 3.8) is 0 Å². The van der Waals surface area contributed by atoms with Gasteiger partial charge in [0.25, 0.3) is 0 Å². The predicted octanol–water partition coefficient (Wildman–Crippen LogP) is 12.1. The SMILES string of the molecule is CC1C=Cc2cc3oc4c(-c5ccccc5)ccc(-c5c6ccccc6c(-c6ccccc6)c6ccccc56)c4c3cc2C1. The van der Waals surface area contributed by atoms with E-state index in [1.54, 1.807) is 0 Å². The molecular formula is C43H30O. The Hall–Kier alpha value is -5.40. The summed E-state index contributed by atoms with van der Waals surface area (Å²) in [6.45, 7) is 2.29. The molecule has 0 fully saturated rings. The molecule has 7 aromatic carbocycles. The lowest BCUT2D eigenvalue weighted by atomic mass is 9.84. The molecule has 0 radical (unpaired) electrons. The van der Waals surface area contributed by atoms with Crippen molar-refractivity contribution >= 4 is 49.6 Å². The van der Waals surface area contributed by atoms with Gasteiger partial charge in [0.1, 0.15) is 11.2 Å². The van der Waals surface area contributed by atoms with Crippen molar-refractivity contribution in [3.05, 3.63) is 151 Å². The van der Waals surface area contributed by atoms with Crippen LogP contribution in [0.4, 0.5) is 0 Å². The molecule has 0 saturated carbocycles. The van der Waals surface area contributed by atoms with E-state index in [-0.39, 0.29) is 0 Å². The Morgan fingerprint density at radius 2 is 1.11 bits per heavy atom. The fourth-order valence-electron chi connectivity index (χ4n) is 7.39. The van der Waals surface area contributed by atoms with Crippen molar-refractivity contribution in [2.75, 3.05) is 0 Å². The minimum atomic E-state index is 0.524. The zero-order chi connectivity index (χ0) is 29.2. The molecule has 0 N–H and O–H groups in total. The average molecular weight is 563 g/mol. The molecule has 9 rings (SSSR count). The molecule has 0 aliphatic heterocycles. The standard InChI is InChI=1S/C43H30O/c1-27-20-21-30-26-39-38(25-31(30)24-27)42-37(23-22-32(43(42)44-39)28-12-4-2-5-13-28)41-35-18-10-8-16-33(35)40(29-14-6-3-7-15-29)34-17-9-11-19-36(34)41/h2-23,25-27H,24H2,1H3. The highest BCUT2D eigenvalue weighted by molar-refractivity contribution is 6.26. The van der Waals surface area contributed by atoms with Crippen molar-refractivity contribution in [1.82, 2.24) is 0 Å². The van der Waals surface area contributed by atoms with Crippen molar-refractivity contribution in [2.24, 2.45) is 5.92 Å². The van der Waals surface area contributed by atoms with Crippen LogP contribution in [0.2, 0.25) is 0 Å². The molecule has 0 amide bonds. The van der Waals surface area contributed by atoms with E-state index in [2.05, 4.69) is 153 Å². The van der Waals surface area contributed by atoms with Crippen LogP contribution in [0.25, 0.3) is 82.9 Å². The van der Waals surface area contributed by atoms with Crippen LogP contribution in [0, 0.1) is 5.92 Å². The van der Waals surface area contributed by atoms with E-state index in [1.807, 2.05) is 0 Å². The number of hydrogen-bond acceptors (Lipinski definition) is 1. The van der Waals surface area contributed by atoms with Gasteiger partial charge in [0.15, 0.2) is 0 Å². The summed E-state index contributed by atoms with van der Waals surface area (Å²) in [5.74, 6) is 0.524. The minimum absolute atomic E-state index is 0.524. The fourth-order valence-corrected chi connectivity index (χ4v) is 7.39. The summed E-state index contributed by atoms with van der Waals surface area (Å²) in [6.07, 6.45) is 5.61. The van der Waals surface area contributed by atoms with Gasteiger partial charge in [-0.25, -0.2) is 0 Å². The Bertz CT molecular complexity index is 2350. The quantitative estimate of drug-likeness (QED) is 0.195. The summed E-state index contributed by atoms with van der Waals surface area (Å²) < 4.78 is 6.88. The lowest BCUT2D eigenvalue weighted by molar-refractivity contribution is 0.668. The van der Waals surface area contributed by atoms with E-state index >= 15 is 0 Å². The zero-order valence-electron chi connectivity index (χ0n) is 24.5. The van der Waals surface area contributed by atoms with E-state index in [9.17, 15) is 0 Å². The highest BCUT2D eigenvalue weighted by Crippen LogP contribution is 2.49. The fraction of sp³-hybridized carbons (Fsp3) is 0.0698. The second-order valence-corrected chi connectivity index (χ2v) is 12.1.